The minimum Gasteiger partial charge on any atom is -0.481 e. The summed E-state index contributed by atoms with van der Waals surface area (Å²) in [5, 5.41) is 12.8. The minimum absolute atomic E-state index is 0.0887. The molecule has 2 N–H and O–H groups in total. The van der Waals surface area contributed by atoms with Crippen molar-refractivity contribution < 1.29 is 23.5 Å². The van der Waals surface area contributed by atoms with E-state index in [0.29, 0.717) is 36.0 Å². The second-order valence-electron chi connectivity index (χ2n) is 9.42. The van der Waals surface area contributed by atoms with Gasteiger partial charge in [0.25, 0.3) is 5.91 Å². The molecular weight excluding hydrogens is 474 g/mol. The molecule has 1 heterocycles. The van der Waals surface area contributed by atoms with Crippen LogP contribution in [-0.2, 0) is 17.6 Å². The number of unbranched alkanes of at least 4 members (excludes halogenated alkanes) is 1. The summed E-state index contributed by atoms with van der Waals surface area (Å²) in [6.45, 7) is 0. The molecule has 0 spiro atoms. The second kappa shape index (κ2) is 10.5. The fourth-order valence-corrected chi connectivity index (χ4v) is 4.97. The molecule has 0 saturated heterocycles. The predicted octanol–water partition coefficient (Wildman–Crippen LogP) is 6.39. The lowest BCUT2D eigenvalue weighted by atomic mass is 9.98. The number of fused-ring (bicyclic) bond motifs is 2. The number of hydrogen-bond acceptors (Lipinski definition) is 3. The highest BCUT2D eigenvalue weighted by Gasteiger charge is 2.25. The van der Waals surface area contributed by atoms with E-state index >= 15 is 0 Å². The zero-order valence-corrected chi connectivity index (χ0v) is 20.1. The largest absolute Gasteiger partial charge is 0.481 e. The molecule has 4 aromatic rings. The van der Waals surface area contributed by atoms with E-state index in [4.69, 9.17) is 10.1 Å². The van der Waals surface area contributed by atoms with Gasteiger partial charge in [-0.05, 0) is 109 Å². The summed E-state index contributed by atoms with van der Waals surface area (Å²) in [6.07, 6.45) is 3.39. The monoisotopic (exact) mass is 500 g/mol. The van der Waals surface area contributed by atoms with Gasteiger partial charge in [0.2, 0.25) is 0 Å². The Bertz CT molecular complexity index is 1480. The van der Waals surface area contributed by atoms with E-state index in [1.807, 2.05) is 6.07 Å². The van der Waals surface area contributed by atoms with Gasteiger partial charge in [0, 0.05) is 22.9 Å². The third-order valence-corrected chi connectivity index (χ3v) is 6.85. The average molecular weight is 501 g/mol. The van der Waals surface area contributed by atoms with Crippen LogP contribution < -0.4 is 5.32 Å². The number of aliphatic carboxylic acids is 1. The molecule has 1 atom stereocenters. The van der Waals surface area contributed by atoms with Gasteiger partial charge in [0.15, 0.2) is 0 Å². The van der Waals surface area contributed by atoms with Gasteiger partial charge in [-0.1, -0.05) is 6.07 Å². The molecule has 5 nitrogen and oxygen atoms in total. The molecular formula is C30H26F2N2O3. The zero-order valence-electron chi connectivity index (χ0n) is 20.1. The van der Waals surface area contributed by atoms with E-state index in [1.165, 1.54) is 24.3 Å². The van der Waals surface area contributed by atoms with Gasteiger partial charge in [-0.25, -0.2) is 13.8 Å². The molecule has 0 aliphatic heterocycles. The first-order chi connectivity index (χ1) is 17.9. The van der Waals surface area contributed by atoms with Crippen LogP contribution >= 0.6 is 0 Å². The van der Waals surface area contributed by atoms with E-state index in [0.717, 1.165) is 40.5 Å². The first-order valence-corrected chi connectivity index (χ1v) is 12.4. The molecule has 5 rings (SSSR count). The molecule has 0 radical (unpaired) electrons. The molecule has 0 unspecified atom stereocenters. The number of nitrogens with zero attached hydrogens (tertiary/aromatic N) is 1. The third-order valence-electron chi connectivity index (χ3n) is 6.85. The molecule has 1 amide bonds. The number of halogens is 2. The lowest BCUT2D eigenvalue weighted by Gasteiger charge is -2.15. The van der Waals surface area contributed by atoms with Crippen LogP contribution in [0, 0.1) is 11.6 Å². The highest BCUT2D eigenvalue weighted by Crippen LogP contribution is 2.32. The van der Waals surface area contributed by atoms with Gasteiger partial charge >= 0.3 is 5.97 Å². The van der Waals surface area contributed by atoms with Crippen LogP contribution in [0.5, 0.6) is 0 Å². The quantitative estimate of drug-likeness (QED) is 0.275. The molecule has 188 valence electrons. The van der Waals surface area contributed by atoms with Crippen molar-refractivity contribution in [1.29, 1.82) is 0 Å². The van der Waals surface area contributed by atoms with Crippen molar-refractivity contribution in [2.24, 2.45) is 0 Å². The van der Waals surface area contributed by atoms with Gasteiger partial charge in [-0.15, -0.1) is 0 Å². The maximum absolute atomic E-state index is 13.8. The Labute approximate surface area is 213 Å². The first-order valence-electron chi connectivity index (χ1n) is 12.4. The van der Waals surface area contributed by atoms with Crippen LogP contribution in [0.1, 0.15) is 58.8 Å². The number of nitrogens with one attached hydrogen (secondary N) is 1. The van der Waals surface area contributed by atoms with Gasteiger partial charge in [0.05, 0.1) is 17.3 Å². The number of carbonyl (C=O) groups excluding carboxylic acids is 1. The van der Waals surface area contributed by atoms with E-state index in [2.05, 4.69) is 5.32 Å². The lowest BCUT2D eigenvalue weighted by molar-refractivity contribution is -0.137. The summed E-state index contributed by atoms with van der Waals surface area (Å²) in [7, 11) is 0. The van der Waals surface area contributed by atoms with E-state index < -0.39 is 5.97 Å². The standard InChI is InChI=1S/C30H26F2N2O3/c31-23-10-6-19(7-11-23)29-20(3-1-2-4-28(35)36)15-22-16-21(9-13-26(22)33-29)30(37)34-27-14-8-18-5-12-24(32)17-25(18)27/h5-7,9-13,15-17,27H,1-4,8,14H2,(H,34,37)(H,35,36)/t27-/m0/s1. The Kier molecular flexibility index (Phi) is 6.95. The molecule has 1 aliphatic carbocycles. The number of carbonyl (C=O) groups is 2. The first kappa shape index (κ1) is 24.6. The maximum atomic E-state index is 13.8. The number of carboxylic acids is 1. The third kappa shape index (κ3) is 5.50. The predicted molar refractivity (Wildman–Crippen MR) is 137 cm³/mol. The van der Waals surface area contributed by atoms with Gasteiger partial charge in [-0.3, -0.25) is 9.59 Å². The Balaban J connectivity index is 1.43. The average Bonchev–Trinajstić information content (AvgIpc) is 3.27. The van der Waals surface area contributed by atoms with E-state index in [1.54, 1.807) is 36.4 Å². The Morgan fingerprint density at radius 1 is 0.946 bits per heavy atom. The SMILES string of the molecule is O=C(O)CCCCc1cc2cc(C(=O)N[C@H]3CCc4ccc(F)cc43)ccc2nc1-c1ccc(F)cc1. The van der Waals surface area contributed by atoms with Crippen molar-refractivity contribution in [2.75, 3.05) is 0 Å². The van der Waals surface area contributed by atoms with Crippen molar-refractivity contribution >= 4 is 22.8 Å². The fourth-order valence-electron chi connectivity index (χ4n) is 4.97. The number of hydrogen-bond donors (Lipinski definition) is 2. The fraction of sp³-hybridized carbons (Fsp3) is 0.233. The van der Waals surface area contributed by atoms with Gasteiger partial charge in [-0.2, -0.15) is 0 Å². The molecule has 7 heteroatoms. The van der Waals surface area contributed by atoms with Crippen LogP contribution in [0.2, 0.25) is 0 Å². The second-order valence-corrected chi connectivity index (χ2v) is 9.42. The number of amides is 1. The van der Waals surface area contributed by atoms with Crippen LogP contribution in [0.3, 0.4) is 0 Å². The molecule has 37 heavy (non-hydrogen) atoms. The van der Waals surface area contributed by atoms with Crippen LogP contribution in [0.25, 0.3) is 22.2 Å². The van der Waals surface area contributed by atoms with Crippen molar-refractivity contribution in [2.45, 2.75) is 44.6 Å². The summed E-state index contributed by atoms with van der Waals surface area (Å²) in [5.41, 5.74) is 5.43. The van der Waals surface area contributed by atoms with Crippen LogP contribution in [0.15, 0.2) is 66.7 Å². The molecule has 0 fully saturated rings. The highest BCUT2D eigenvalue weighted by atomic mass is 19.1. The van der Waals surface area contributed by atoms with Gasteiger partial charge in [0.1, 0.15) is 11.6 Å². The summed E-state index contributed by atoms with van der Waals surface area (Å²) >= 11 is 0. The normalized spacial score (nSPS) is 14.5. The maximum Gasteiger partial charge on any atom is 0.303 e. The topological polar surface area (TPSA) is 79.3 Å². The molecule has 0 bridgehead atoms. The summed E-state index contributed by atoms with van der Waals surface area (Å²) in [5.74, 6) is -1.73. The van der Waals surface area contributed by atoms with Crippen LogP contribution in [0.4, 0.5) is 8.78 Å². The van der Waals surface area contributed by atoms with Gasteiger partial charge < -0.3 is 10.4 Å². The molecule has 1 aliphatic rings. The van der Waals surface area contributed by atoms with Crippen molar-refractivity contribution in [3.63, 3.8) is 0 Å². The minimum atomic E-state index is -0.835. The molecule has 1 aromatic heterocycles. The Morgan fingerprint density at radius 2 is 1.73 bits per heavy atom. The smallest absolute Gasteiger partial charge is 0.303 e. The van der Waals surface area contributed by atoms with Crippen LogP contribution in [-0.4, -0.2) is 22.0 Å². The summed E-state index contributed by atoms with van der Waals surface area (Å²) in [6, 6.07) is 17.8. The number of rotatable bonds is 8. The number of pyridine rings is 1. The zero-order chi connectivity index (χ0) is 25.9. The van der Waals surface area contributed by atoms with E-state index in [-0.39, 0.29) is 30.0 Å². The summed E-state index contributed by atoms with van der Waals surface area (Å²) < 4.78 is 27.3. The van der Waals surface area contributed by atoms with Crippen molar-refractivity contribution in [1.82, 2.24) is 10.3 Å². The summed E-state index contributed by atoms with van der Waals surface area (Å²) in [4.78, 5) is 28.8. The number of carboxylic acid groups (broad SMARTS) is 1. The molecule has 0 saturated carbocycles. The molecule has 3 aromatic carbocycles. The number of benzene rings is 3. The number of aryl methyl sites for hydroxylation is 2. The van der Waals surface area contributed by atoms with Crippen molar-refractivity contribution in [3.8, 4) is 11.3 Å². The van der Waals surface area contributed by atoms with E-state index in [9.17, 15) is 18.4 Å². The number of aromatic nitrogens is 1. The van der Waals surface area contributed by atoms with Crippen molar-refractivity contribution in [3.05, 3.63) is 101 Å². The Hall–Kier alpha value is -4.13. The highest BCUT2D eigenvalue weighted by molar-refractivity contribution is 5.98. The Morgan fingerprint density at radius 3 is 2.51 bits per heavy atom. The lowest BCUT2D eigenvalue weighted by Crippen LogP contribution is -2.27.